The van der Waals surface area contributed by atoms with Gasteiger partial charge in [-0.05, 0) is 79.7 Å². The van der Waals surface area contributed by atoms with Crippen molar-refractivity contribution in [1.82, 2.24) is 9.97 Å². The van der Waals surface area contributed by atoms with Crippen LogP contribution in [0, 0.1) is 0 Å². The van der Waals surface area contributed by atoms with Crippen molar-refractivity contribution in [3.05, 3.63) is 146 Å². The molecule has 0 amide bonds. The second-order valence-electron chi connectivity index (χ2n) is 9.46. The van der Waals surface area contributed by atoms with E-state index in [4.69, 9.17) is 0 Å². The second kappa shape index (κ2) is 9.42. The van der Waals surface area contributed by atoms with E-state index in [1.54, 1.807) is 0 Å². The summed E-state index contributed by atoms with van der Waals surface area (Å²) < 4.78 is 0. The summed E-state index contributed by atoms with van der Waals surface area (Å²) in [5, 5.41) is 4.97. The molecule has 0 saturated heterocycles. The zero-order chi connectivity index (χ0) is 25.3. The molecule has 0 unspecified atom stereocenters. The van der Waals surface area contributed by atoms with Crippen molar-refractivity contribution < 1.29 is 0 Å². The predicted molar refractivity (Wildman–Crippen MR) is 159 cm³/mol. The Kier molecular flexibility index (Phi) is 5.49. The summed E-state index contributed by atoms with van der Waals surface area (Å²) in [7, 11) is 0. The molecule has 0 N–H and O–H groups in total. The van der Waals surface area contributed by atoms with Gasteiger partial charge in [-0.2, -0.15) is 0 Å². The van der Waals surface area contributed by atoms with Gasteiger partial charge in [-0.3, -0.25) is 9.97 Å². The highest BCUT2D eigenvalue weighted by Crippen LogP contribution is 2.44. The molecular formula is C36H24N2. The molecule has 2 heteroatoms. The van der Waals surface area contributed by atoms with Crippen LogP contribution in [0.3, 0.4) is 0 Å². The summed E-state index contributed by atoms with van der Waals surface area (Å²) in [5.74, 6) is 0. The second-order valence-corrected chi connectivity index (χ2v) is 9.46. The van der Waals surface area contributed by atoms with Gasteiger partial charge >= 0.3 is 0 Å². The number of benzene rings is 5. The molecule has 7 rings (SSSR count). The molecule has 7 aromatic rings. The zero-order valence-corrected chi connectivity index (χ0v) is 20.8. The number of fused-ring (bicyclic) bond motifs is 2. The van der Waals surface area contributed by atoms with Crippen LogP contribution in [0.4, 0.5) is 0 Å². The minimum atomic E-state index is 0.979. The average molecular weight is 485 g/mol. The molecule has 2 heterocycles. The number of rotatable bonds is 4. The van der Waals surface area contributed by atoms with Crippen molar-refractivity contribution in [2.75, 3.05) is 0 Å². The predicted octanol–water partition coefficient (Wildman–Crippen LogP) is 9.45. The van der Waals surface area contributed by atoms with Crippen LogP contribution in [0.5, 0.6) is 0 Å². The van der Waals surface area contributed by atoms with Crippen LogP contribution in [0.2, 0.25) is 0 Å². The zero-order valence-electron chi connectivity index (χ0n) is 20.8. The summed E-state index contributed by atoms with van der Waals surface area (Å²) in [6, 6.07) is 45.2. The highest BCUT2D eigenvalue weighted by atomic mass is 14.7. The van der Waals surface area contributed by atoms with Crippen LogP contribution in [-0.2, 0) is 0 Å². The Morgan fingerprint density at radius 3 is 1.45 bits per heavy atom. The molecule has 2 aromatic heterocycles. The molecule has 0 aliphatic carbocycles. The van der Waals surface area contributed by atoms with Gasteiger partial charge in [0.25, 0.3) is 0 Å². The first-order valence-electron chi connectivity index (χ1n) is 12.8. The van der Waals surface area contributed by atoms with Crippen LogP contribution < -0.4 is 0 Å². The molecule has 0 aliphatic heterocycles. The lowest BCUT2D eigenvalue weighted by molar-refractivity contribution is 1.33. The average Bonchev–Trinajstić information content (AvgIpc) is 3.01. The molecule has 0 spiro atoms. The largest absolute Gasteiger partial charge is 0.264 e. The maximum Gasteiger partial charge on any atom is 0.0702 e. The maximum atomic E-state index is 4.59. The van der Waals surface area contributed by atoms with Crippen LogP contribution in [-0.4, -0.2) is 9.97 Å². The van der Waals surface area contributed by atoms with Gasteiger partial charge in [0.2, 0.25) is 0 Å². The lowest BCUT2D eigenvalue weighted by Gasteiger charge is -2.18. The number of aromatic nitrogens is 2. The van der Waals surface area contributed by atoms with Gasteiger partial charge in [0.05, 0.1) is 5.69 Å². The van der Waals surface area contributed by atoms with E-state index in [2.05, 4.69) is 119 Å². The van der Waals surface area contributed by atoms with E-state index in [1.807, 2.05) is 36.8 Å². The van der Waals surface area contributed by atoms with Crippen molar-refractivity contribution >= 4 is 21.5 Å². The lowest BCUT2D eigenvalue weighted by atomic mass is 9.85. The Morgan fingerprint density at radius 2 is 0.895 bits per heavy atom. The highest BCUT2D eigenvalue weighted by molar-refractivity contribution is 6.21. The van der Waals surface area contributed by atoms with E-state index in [0.29, 0.717) is 0 Å². The van der Waals surface area contributed by atoms with Gasteiger partial charge in [0.15, 0.2) is 0 Å². The third-order valence-corrected chi connectivity index (χ3v) is 7.19. The Labute approximate surface area is 221 Å². The third kappa shape index (κ3) is 3.84. The SMILES string of the molecule is c1ccc(-c2cccc(-c3c4ccccc4c(-c4cccc(-c5cccnc5)c4)c4ccccc34)c2)nc1. The first kappa shape index (κ1) is 22.1. The first-order chi connectivity index (χ1) is 18.9. The number of pyridine rings is 2. The van der Waals surface area contributed by atoms with Crippen molar-refractivity contribution in [1.29, 1.82) is 0 Å². The van der Waals surface area contributed by atoms with E-state index in [1.165, 1.54) is 43.8 Å². The Morgan fingerprint density at radius 1 is 0.368 bits per heavy atom. The number of hydrogen-bond acceptors (Lipinski definition) is 2. The minimum absolute atomic E-state index is 0.979. The van der Waals surface area contributed by atoms with E-state index < -0.39 is 0 Å². The molecular weight excluding hydrogens is 460 g/mol. The summed E-state index contributed by atoms with van der Waals surface area (Å²) in [4.78, 5) is 8.92. The van der Waals surface area contributed by atoms with E-state index in [9.17, 15) is 0 Å². The minimum Gasteiger partial charge on any atom is -0.264 e. The fourth-order valence-corrected chi connectivity index (χ4v) is 5.51. The summed E-state index contributed by atoms with van der Waals surface area (Å²) in [6.45, 7) is 0. The third-order valence-electron chi connectivity index (χ3n) is 7.19. The van der Waals surface area contributed by atoms with Gasteiger partial charge in [-0.25, -0.2) is 0 Å². The van der Waals surface area contributed by atoms with Crippen LogP contribution in [0.25, 0.3) is 66.2 Å². The molecule has 38 heavy (non-hydrogen) atoms. The maximum absolute atomic E-state index is 4.59. The van der Waals surface area contributed by atoms with Gasteiger partial charge in [0.1, 0.15) is 0 Å². The van der Waals surface area contributed by atoms with Gasteiger partial charge in [-0.15, -0.1) is 0 Å². The quantitative estimate of drug-likeness (QED) is 0.233. The molecule has 0 aliphatic rings. The van der Waals surface area contributed by atoms with E-state index >= 15 is 0 Å². The monoisotopic (exact) mass is 484 g/mol. The van der Waals surface area contributed by atoms with Crippen molar-refractivity contribution in [2.45, 2.75) is 0 Å². The first-order valence-corrected chi connectivity index (χ1v) is 12.8. The van der Waals surface area contributed by atoms with Crippen LogP contribution >= 0.6 is 0 Å². The smallest absolute Gasteiger partial charge is 0.0702 e. The lowest BCUT2D eigenvalue weighted by Crippen LogP contribution is -1.92. The molecule has 0 radical (unpaired) electrons. The van der Waals surface area contributed by atoms with Crippen molar-refractivity contribution in [3.8, 4) is 44.6 Å². The Balaban J connectivity index is 1.51. The van der Waals surface area contributed by atoms with Crippen molar-refractivity contribution in [2.24, 2.45) is 0 Å². The summed E-state index contributed by atoms with van der Waals surface area (Å²) >= 11 is 0. The van der Waals surface area contributed by atoms with Crippen LogP contribution in [0.1, 0.15) is 0 Å². The molecule has 0 atom stereocenters. The fourth-order valence-electron chi connectivity index (χ4n) is 5.51. The number of hydrogen-bond donors (Lipinski definition) is 0. The van der Waals surface area contributed by atoms with Crippen LogP contribution in [0.15, 0.2) is 146 Å². The summed E-state index contributed by atoms with van der Waals surface area (Å²) in [5.41, 5.74) is 9.27. The highest BCUT2D eigenvalue weighted by Gasteiger charge is 2.17. The van der Waals surface area contributed by atoms with E-state index in [0.717, 1.165) is 22.4 Å². The molecule has 0 bridgehead atoms. The molecule has 5 aromatic carbocycles. The fraction of sp³-hybridized carbons (Fsp3) is 0. The normalized spacial score (nSPS) is 11.2. The molecule has 178 valence electrons. The molecule has 0 saturated carbocycles. The standard InChI is InChI=1S/C36H24N2/c1-3-17-32-30(15-1)35(27-12-7-10-25(22-27)29-14-9-20-37-24-29)31-16-2-4-18-33(31)36(32)28-13-8-11-26(23-28)34-19-5-6-21-38-34/h1-24H. The van der Waals surface area contributed by atoms with Crippen molar-refractivity contribution in [3.63, 3.8) is 0 Å². The van der Waals surface area contributed by atoms with Gasteiger partial charge < -0.3 is 0 Å². The molecule has 2 nitrogen and oxygen atoms in total. The van der Waals surface area contributed by atoms with Gasteiger partial charge in [0, 0.05) is 29.7 Å². The Bertz CT molecular complexity index is 1710. The summed E-state index contributed by atoms with van der Waals surface area (Å²) in [6.07, 6.45) is 5.59. The molecule has 0 fully saturated rings. The number of nitrogens with zero attached hydrogens (tertiary/aromatic N) is 2. The van der Waals surface area contributed by atoms with E-state index in [-0.39, 0.29) is 0 Å². The Hall–Kier alpha value is -5.08. The van der Waals surface area contributed by atoms with Gasteiger partial charge in [-0.1, -0.05) is 97.1 Å². The topological polar surface area (TPSA) is 25.8 Å².